The van der Waals surface area contributed by atoms with Crippen molar-refractivity contribution in [2.45, 2.75) is 10.9 Å². The quantitative estimate of drug-likeness (QED) is 0.571. The average Bonchev–Trinajstić information content (AvgIpc) is 2.78. The van der Waals surface area contributed by atoms with Gasteiger partial charge in [-0.3, -0.25) is 4.79 Å². The third-order valence-corrected chi connectivity index (χ3v) is 4.58. The number of nitrogens with one attached hydrogen (secondary N) is 1. The molecule has 0 radical (unpaired) electrons. The van der Waals surface area contributed by atoms with Gasteiger partial charge in [0.25, 0.3) is 5.56 Å². The first-order valence-corrected chi connectivity index (χ1v) is 7.83. The Hall–Kier alpha value is -1.57. The number of hydrogen-bond acceptors (Lipinski definition) is 6. The summed E-state index contributed by atoms with van der Waals surface area (Å²) in [5, 5.41) is 1.55. The highest BCUT2D eigenvalue weighted by molar-refractivity contribution is 7.98. The first-order valence-electron chi connectivity index (χ1n) is 5.65. The van der Waals surface area contributed by atoms with Gasteiger partial charge in [-0.15, -0.1) is 0 Å². The van der Waals surface area contributed by atoms with Gasteiger partial charge in [0.1, 0.15) is 4.70 Å². The molecule has 3 rings (SSSR count). The van der Waals surface area contributed by atoms with Crippen LogP contribution in [-0.2, 0) is 5.75 Å². The molecule has 3 aromatic rings. The highest BCUT2D eigenvalue weighted by Crippen LogP contribution is 2.23. The lowest BCUT2D eigenvalue weighted by molar-refractivity contribution is 0.968. The molecule has 3 N–H and O–H groups in total. The summed E-state index contributed by atoms with van der Waals surface area (Å²) in [6, 6.07) is 7.56. The SMILES string of the molecule is Nc1nc2nc(SCc3cccc(Cl)c3)[nH]c(=O)c2s1. The monoisotopic (exact) mass is 324 g/mol. The van der Waals surface area contributed by atoms with Gasteiger partial charge >= 0.3 is 0 Å². The first kappa shape index (κ1) is 13.4. The number of aromatic nitrogens is 3. The average molecular weight is 325 g/mol. The maximum atomic E-state index is 11.9. The van der Waals surface area contributed by atoms with Gasteiger partial charge in [-0.05, 0) is 17.7 Å². The molecule has 0 bridgehead atoms. The van der Waals surface area contributed by atoms with E-state index in [9.17, 15) is 4.79 Å². The van der Waals surface area contributed by atoms with Crippen LogP contribution in [-0.4, -0.2) is 15.0 Å². The number of nitrogens with zero attached hydrogens (tertiary/aromatic N) is 2. The van der Waals surface area contributed by atoms with Gasteiger partial charge in [0, 0.05) is 10.8 Å². The van der Waals surface area contributed by atoms with Crippen LogP contribution in [0.15, 0.2) is 34.2 Å². The Morgan fingerprint density at radius 3 is 3.05 bits per heavy atom. The number of rotatable bonds is 3. The predicted octanol–water partition coefficient (Wildman–Crippen LogP) is 2.91. The normalized spacial score (nSPS) is 11.1. The van der Waals surface area contributed by atoms with Crippen molar-refractivity contribution >= 4 is 50.2 Å². The lowest BCUT2D eigenvalue weighted by Gasteiger charge is -2.01. The Morgan fingerprint density at radius 2 is 2.25 bits per heavy atom. The zero-order valence-corrected chi connectivity index (χ0v) is 12.5. The number of benzene rings is 1. The van der Waals surface area contributed by atoms with Crippen molar-refractivity contribution in [2.24, 2.45) is 0 Å². The summed E-state index contributed by atoms with van der Waals surface area (Å²) in [6.45, 7) is 0. The maximum absolute atomic E-state index is 11.9. The first-order chi connectivity index (χ1) is 9.61. The van der Waals surface area contributed by atoms with Gasteiger partial charge in [0.15, 0.2) is 15.9 Å². The number of aromatic amines is 1. The fourth-order valence-electron chi connectivity index (χ4n) is 1.68. The van der Waals surface area contributed by atoms with Crippen LogP contribution in [0.3, 0.4) is 0 Å². The van der Waals surface area contributed by atoms with Crippen LogP contribution in [0.2, 0.25) is 5.02 Å². The number of nitrogen functional groups attached to an aromatic ring is 1. The van der Waals surface area contributed by atoms with Crippen molar-refractivity contribution in [2.75, 3.05) is 5.73 Å². The van der Waals surface area contributed by atoms with Gasteiger partial charge < -0.3 is 10.7 Å². The molecule has 0 aliphatic heterocycles. The zero-order valence-electron chi connectivity index (χ0n) is 10.1. The van der Waals surface area contributed by atoms with E-state index in [4.69, 9.17) is 17.3 Å². The second kappa shape index (κ2) is 5.43. The molecule has 0 fully saturated rings. The van der Waals surface area contributed by atoms with Crippen LogP contribution in [0.25, 0.3) is 10.3 Å². The Kier molecular flexibility index (Phi) is 3.64. The minimum absolute atomic E-state index is 0.210. The highest BCUT2D eigenvalue weighted by atomic mass is 35.5. The van der Waals surface area contributed by atoms with Crippen LogP contribution < -0.4 is 11.3 Å². The van der Waals surface area contributed by atoms with E-state index < -0.39 is 0 Å². The lowest BCUT2D eigenvalue weighted by Crippen LogP contribution is -2.07. The third kappa shape index (κ3) is 2.79. The summed E-state index contributed by atoms with van der Waals surface area (Å²) in [5.74, 6) is 0.661. The molecular formula is C12H9ClN4OS2. The molecule has 0 unspecified atom stereocenters. The van der Waals surface area contributed by atoms with Crippen molar-refractivity contribution in [1.29, 1.82) is 0 Å². The number of nitrogens with two attached hydrogens (primary N) is 1. The summed E-state index contributed by atoms with van der Waals surface area (Å²) in [7, 11) is 0. The minimum atomic E-state index is -0.210. The number of thioether (sulfide) groups is 1. The number of halogens is 1. The van der Waals surface area contributed by atoms with Crippen molar-refractivity contribution in [3.05, 3.63) is 45.2 Å². The molecule has 20 heavy (non-hydrogen) atoms. The number of anilines is 1. The Labute approximate surface area is 127 Å². The van der Waals surface area contributed by atoms with Gasteiger partial charge in [0.2, 0.25) is 0 Å². The molecule has 0 spiro atoms. The zero-order chi connectivity index (χ0) is 14.1. The molecule has 102 valence electrons. The molecule has 2 aromatic heterocycles. The molecule has 0 atom stereocenters. The minimum Gasteiger partial charge on any atom is -0.375 e. The molecule has 1 aromatic carbocycles. The number of fused-ring (bicyclic) bond motifs is 1. The summed E-state index contributed by atoms with van der Waals surface area (Å²) in [4.78, 5) is 22.9. The number of H-pyrrole nitrogens is 1. The summed E-state index contributed by atoms with van der Waals surface area (Å²) in [6.07, 6.45) is 0. The fraction of sp³-hybridized carbons (Fsp3) is 0.0833. The van der Waals surface area contributed by atoms with Crippen LogP contribution >= 0.6 is 34.7 Å². The van der Waals surface area contributed by atoms with Gasteiger partial charge in [-0.2, -0.15) is 0 Å². The van der Waals surface area contributed by atoms with Gasteiger partial charge in [-0.1, -0.05) is 46.8 Å². The molecule has 0 aliphatic carbocycles. The fourth-order valence-corrected chi connectivity index (χ4v) is 3.36. The summed E-state index contributed by atoms with van der Waals surface area (Å²) < 4.78 is 0.453. The largest absolute Gasteiger partial charge is 0.375 e. The Morgan fingerprint density at radius 1 is 1.40 bits per heavy atom. The molecule has 0 aliphatic rings. The van der Waals surface area contributed by atoms with Crippen molar-refractivity contribution in [3.63, 3.8) is 0 Å². The maximum Gasteiger partial charge on any atom is 0.271 e. The second-order valence-corrected chi connectivity index (χ2v) is 6.43. The van der Waals surface area contributed by atoms with Crippen LogP contribution in [0.4, 0.5) is 5.13 Å². The molecule has 0 amide bonds. The third-order valence-electron chi connectivity index (χ3n) is 2.52. The second-order valence-electron chi connectivity index (χ2n) is 3.99. The molecule has 8 heteroatoms. The summed E-state index contributed by atoms with van der Waals surface area (Å²) >= 11 is 8.48. The number of thiazole rings is 1. The van der Waals surface area contributed by atoms with Crippen molar-refractivity contribution < 1.29 is 0 Å². The van der Waals surface area contributed by atoms with Gasteiger partial charge in [-0.25, -0.2) is 9.97 Å². The van der Waals surface area contributed by atoms with Gasteiger partial charge in [0.05, 0.1) is 0 Å². The van der Waals surface area contributed by atoms with E-state index >= 15 is 0 Å². The van der Waals surface area contributed by atoms with E-state index in [0.717, 1.165) is 16.9 Å². The van der Waals surface area contributed by atoms with Crippen LogP contribution in [0.5, 0.6) is 0 Å². The molecule has 5 nitrogen and oxygen atoms in total. The predicted molar refractivity (Wildman–Crippen MR) is 83.5 cm³/mol. The van der Waals surface area contributed by atoms with Crippen molar-refractivity contribution in [1.82, 2.24) is 15.0 Å². The standard InChI is InChI=1S/C12H9ClN4OS2/c13-7-3-1-2-6(4-7)5-19-12-16-9-8(10(18)17-12)20-11(14)15-9/h1-4H,5H2,(H3,14,15,16,17,18). The van der Waals surface area contributed by atoms with E-state index in [0.29, 0.717) is 31.4 Å². The molecule has 0 saturated heterocycles. The van der Waals surface area contributed by atoms with E-state index in [-0.39, 0.29) is 5.56 Å². The summed E-state index contributed by atoms with van der Waals surface area (Å²) in [5.41, 5.74) is 6.83. The van der Waals surface area contributed by atoms with Crippen molar-refractivity contribution in [3.8, 4) is 0 Å². The van der Waals surface area contributed by atoms with E-state index in [1.807, 2.05) is 24.3 Å². The lowest BCUT2D eigenvalue weighted by atomic mass is 10.2. The van der Waals surface area contributed by atoms with E-state index in [1.54, 1.807) is 0 Å². The van der Waals surface area contributed by atoms with Crippen LogP contribution in [0, 0.1) is 0 Å². The van der Waals surface area contributed by atoms with E-state index in [1.165, 1.54) is 11.8 Å². The highest BCUT2D eigenvalue weighted by Gasteiger charge is 2.09. The Balaban J connectivity index is 1.86. The molecule has 2 heterocycles. The molecular weight excluding hydrogens is 316 g/mol. The van der Waals surface area contributed by atoms with E-state index in [2.05, 4.69) is 15.0 Å². The molecule has 0 saturated carbocycles. The Bertz CT molecular complexity index is 830. The topological polar surface area (TPSA) is 84.7 Å². The number of hydrogen-bond donors (Lipinski definition) is 2. The smallest absolute Gasteiger partial charge is 0.271 e. The van der Waals surface area contributed by atoms with Crippen LogP contribution in [0.1, 0.15) is 5.56 Å².